The van der Waals surface area contributed by atoms with Gasteiger partial charge in [-0.2, -0.15) is 4.31 Å². The average molecular weight is 402 g/mol. The first kappa shape index (κ1) is 23.0. The number of hydrogen-bond donors (Lipinski definition) is 2. The molecule has 0 aliphatic rings. The van der Waals surface area contributed by atoms with Gasteiger partial charge in [0, 0.05) is 13.1 Å². The molecule has 0 aliphatic carbocycles. The molecule has 2 amide bonds. The fraction of sp³-hybridized carbons (Fsp3) is 0.556. The van der Waals surface area contributed by atoms with E-state index in [2.05, 4.69) is 10.6 Å². The van der Waals surface area contributed by atoms with Crippen molar-refractivity contribution >= 4 is 21.8 Å². The predicted molar refractivity (Wildman–Crippen MR) is 101 cm³/mol. The third-order valence-electron chi connectivity index (χ3n) is 3.80. The minimum Gasteiger partial charge on any atom is -0.355 e. The maximum Gasteiger partial charge on any atom is 0.244 e. The Morgan fingerprint density at radius 3 is 1.78 bits per heavy atom. The van der Waals surface area contributed by atoms with E-state index in [4.69, 9.17) is 0 Å². The summed E-state index contributed by atoms with van der Waals surface area (Å²) in [4.78, 5) is 24.0. The van der Waals surface area contributed by atoms with E-state index >= 15 is 0 Å². The van der Waals surface area contributed by atoms with E-state index in [1.807, 2.05) is 13.8 Å². The molecule has 0 atom stereocenters. The fourth-order valence-electron chi connectivity index (χ4n) is 2.22. The van der Waals surface area contributed by atoms with Crippen LogP contribution in [0.2, 0.25) is 0 Å². The monoisotopic (exact) mass is 401 g/mol. The summed E-state index contributed by atoms with van der Waals surface area (Å²) in [5.74, 6) is -1.55. The van der Waals surface area contributed by atoms with Crippen molar-refractivity contribution in [2.24, 2.45) is 0 Å². The Morgan fingerprint density at radius 1 is 0.926 bits per heavy atom. The topological polar surface area (TPSA) is 95.6 Å². The highest BCUT2D eigenvalue weighted by atomic mass is 32.2. The minimum absolute atomic E-state index is 0.174. The quantitative estimate of drug-likeness (QED) is 0.521. The van der Waals surface area contributed by atoms with E-state index in [0.717, 1.165) is 54.3 Å². The summed E-state index contributed by atoms with van der Waals surface area (Å²) in [6.07, 6.45) is 3.32. The molecule has 2 N–H and O–H groups in total. The van der Waals surface area contributed by atoms with Crippen LogP contribution in [0.25, 0.3) is 0 Å². The van der Waals surface area contributed by atoms with Crippen LogP contribution >= 0.6 is 0 Å². The highest BCUT2D eigenvalue weighted by Crippen LogP contribution is 2.16. The van der Waals surface area contributed by atoms with Gasteiger partial charge >= 0.3 is 0 Å². The van der Waals surface area contributed by atoms with Crippen LogP contribution in [0.3, 0.4) is 0 Å². The second-order valence-electron chi connectivity index (χ2n) is 6.13. The molecule has 7 nitrogen and oxygen atoms in total. The normalized spacial score (nSPS) is 11.4. The first-order valence-electron chi connectivity index (χ1n) is 9.10. The SMILES string of the molecule is CCCCNC(=O)CN(CC(=O)NCCCC)S(=O)(=O)c1ccc(F)cc1. The van der Waals surface area contributed by atoms with Crippen LogP contribution in [-0.2, 0) is 19.6 Å². The van der Waals surface area contributed by atoms with Gasteiger partial charge in [-0.1, -0.05) is 26.7 Å². The van der Waals surface area contributed by atoms with Crippen molar-refractivity contribution in [2.75, 3.05) is 26.2 Å². The van der Waals surface area contributed by atoms with Crippen molar-refractivity contribution in [3.05, 3.63) is 30.1 Å². The van der Waals surface area contributed by atoms with Crippen molar-refractivity contribution in [3.63, 3.8) is 0 Å². The second-order valence-corrected chi connectivity index (χ2v) is 8.07. The van der Waals surface area contributed by atoms with Crippen LogP contribution in [0, 0.1) is 5.82 Å². The summed E-state index contributed by atoms with van der Waals surface area (Å²) < 4.78 is 39.5. The molecule has 0 aromatic heterocycles. The van der Waals surface area contributed by atoms with Crippen molar-refractivity contribution in [3.8, 4) is 0 Å². The maximum absolute atomic E-state index is 13.1. The zero-order valence-electron chi connectivity index (χ0n) is 15.8. The molecule has 0 saturated carbocycles. The largest absolute Gasteiger partial charge is 0.355 e. The van der Waals surface area contributed by atoms with E-state index in [0.29, 0.717) is 13.1 Å². The first-order valence-corrected chi connectivity index (χ1v) is 10.5. The molecule has 1 rings (SSSR count). The van der Waals surface area contributed by atoms with Gasteiger partial charge in [0.1, 0.15) is 5.82 Å². The highest BCUT2D eigenvalue weighted by Gasteiger charge is 2.28. The molecule has 0 unspecified atom stereocenters. The van der Waals surface area contributed by atoms with Gasteiger partial charge < -0.3 is 10.6 Å². The Hall–Kier alpha value is -2.00. The second kappa shape index (κ2) is 11.7. The lowest BCUT2D eigenvalue weighted by atomic mass is 10.3. The summed E-state index contributed by atoms with van der Waals surface area (Å²) in [7, 11) is -4.12. The first-order chi connectivity index (χ1) is 12.8. The number of carbonyl (C=O) groups excluding carboxylic acids is 2. The Morgan fingerprint density at radius 2 is 1.37 bits per heavy atom. The average Bonchev–Trinajstić information content (AvgIpc) is 2.62. The summed E-state index contributed by atoms with van der Waals surface area (Å²) >= 11 is 0. The van der Waals surface area contributed by atoms with Crippen LogP contribution in [0.1, 0.15) is 39.5 Å². The van der Waals surface area contributed by atoms with Crippen molar-refractivity contribution in [1.29, 1.82) is 0 Å². The molecule has 0 spiro atoms. The number of halogens is 1. The van der Waals surface area contributed by atoms with Crippen LogP contribution in [0.15, 0.2) is 29.2 Å². The van der Waals surface area contributed by atoms with Crippen LogP contribution in [0.5, 0.6) is 0 Å². The van der Waals surface area contributed by atoms with Gasteiger partial charge in [0.2, 0.25) is 21.8 Å². The minimum atomic E-state index is -4.12. The van der Waals surface area contributed by atoms with Gasteiger partial charge in [-0.3, -0.25) is 9.59 Å². The van der Waals surface area contributed by atoms with Gasteiger partial charge in [0.05, 0.1) is 18.0 Å². The Labute approximate surface area is 160 Å². The number of nitrogens with zero attached hydrogens (tertiary/aromatic N) is 1. The van der Waals surface area contributed by atoms with Crippen molar-refractivity contribution in [1.82, 2.24) is 14.9 Å². The molecular weight excluding hydrogens is 373 g/mol. The number of unbranched alkanes of at least 4 members (excludes halogenated alkanes) is 2. The molecule has 27 heavy (non-hydrogen) atoms. The molecule has 0 fully saturated rings. The number of hydrogen-bond acceptors (Lipinski definition) is 4. The van der Waals surface area contributed by atoms with Gasteiger partial charge in [0.15, 0.2) is 0 Å². The van der Waals surface area contributed by atoms with Gasteiger partial charge in [-0.15, -0.1) is 0 Å². The summed E-state index contributed by atoms with van der Waals surface area (Å²) in [6, 6.07) is 4.27. The molecule has 1 aromatic carbocycles. The standard InChI is InChI=1S/C18H28FN3O4S/c1-3-5-11-20-17(23)13-22(14-18(24)21-12-6-4-2)27(25,26)16-9-7-15(19)8-10-16/h7-10H,3-6,11-14H2,1-2H3,(H,20,23)(H,21,24). The van der Waals surface area contributed by atoms with Gasteiger partial charge in [-0.25, -0.2) is 12.8 Å². The molecule has 1 aromatic rings. The van der Waals surface area contributed by atoms with Crippen LogP contribution in [0.4, 0.5) is 4.39 Å². The predicted octanol–water partition coefficient (Wildman–Crippen LogP) is 1.65. The fourth-order valence-corrected chi connectivity index (χ4v) is 3.58. The number of benzene rings is 1. The zero-order chi connectivity index (χ0) is 20.3. The van der Waals surface area contributed by atoms with Gasteiger partial charge in [-0.05, 0) is 37.1 Å². The lowest BCUT2D eigenvalue weighted by Gasteiger charge is -2.21. The summed E-state index contributed by atoms with van der Waals surface area (Å²) in [5.41, 5.74) is 0. The van der Waals surface area contributed by atoms with Crippen molar-refractivity contribution < 1.29 is 22.4 Å². The molecule has 0 saturated heterocycles. The third kappa shape index (κ3) is 8.04. The highest BCUT2D eigenvalue weighted by molar-refractivity contribution is 7.89. The van der Waals surface area contributed by atoms with Crippen molar-refractivity contribution in [2.45, 2.75) is 44.4 Å². The summed E-state index contributed by atoms with van der Waals surface area (Å²) in [6.45, 7) is 3.84. The number of amides is 2. The summed E-state index contributed by atoms with van der Waals surface area (Å²) in [5, 5.41) is 5.27. The molecule has 9 heteroatoms. The zero-order valence-corrected chi connectivity index (χ0v) is 16.6. The Kier molecular flexibility index (Phi) is 9.95. The number of carbonyl (C=O) groups is 2. The third-order valence-corrected chi connectivity index (χ3v) is 5.60. The molecule has 0 bridgehead atoms. The molecule has 0 aliphatic heterocycles. The van der Waals surface area contributed by atoms with E-state index in [-0.39, 0.29) is 4.90 Å². The Balaban J connectivity index is 2.92. The number of nitrogens with one attached hydrogen (secondary N) is 2. The smallest absolute Gasteiger partial charge is 0.244 e. The number of sulfonamides is 1. The van der Waals surface area contributed by atoms with E-state index in [9.17, 15) is 22.4 Å². The maximum atomic E-state index is 13.1. The van der Waals surface area contributed by atoms with E-state index in [1.165, 1.54) is 0 Å². The van der Waals surface area contributed by atoms with Crippen LogP contribution in [-0.4, -0.2) is 50.7 Å². The molecule has 0 heterocycles. The van der Waals surface area contributed by atoms with E-state index < -0.39 is 40.7 Å². The molecule has 0 radical (unpaired) electrons. The number of rotatable bonds is 12. The Bertz CT molecular complexity index is 684. The molecule has 152 valence electrons. The van der Waals surface area contributed by atoms with Crippen LogP contribution < -0.4 is 10.6 Å². The van der Waals surface area contributed by atoms with Gasteiger partial charge in [0.25, 0.3) is 0 Å². The van der Waals surface area contributed by atoms with E-state index in [1.54, 1.807) is 0 Å². The lowest BCUT2D eigenvalue weighted by Crippen LogP contribution is -2.46. The molecular formula is C18H28FN3O4S. The lowest BCUT2D eigenvalue weighted by molar-refractivity contribution is -0.123.